The fraction of sp³-hybridized carbons (Fsp3) is 0.350. The van der Waals surface area contributed by atoms with Crippen molar-refractivity contribution in [3.05, 3.63) is 65.7 Å². The normalized spacial score (nSPS) is 10.4. The summed E-state index contributed by atoms with van der Waals surface area (Å²) in [7, 11) is 1.81. The molecule has 0 aliphatic rings. The van der Waals surface area contributed by atoms with Crippen LogP contribution in [-0.2, 0) is 22.6 Å². The average Bonchev–Trinajstić information content (AvgIpc) is 2.61. The molecule has 24 heavy (non-hydrogen) atoms. The standard InChI is InChI=1S/C20H25NO3/c1-3-24-19-11-9-17(10-12-19)15-20(22)21(2)13-14-23-16-18-7-5-4-6-8-18/h4-12H,3,13-16H2,1-2H3. The van der Waals surface area contributed by atoms with Crippen molar-refractivity contribution in [1.29, 1.82) is 0 Å². The van der Waals surface area contributed by atoms with Gasteiger partial charge in [0.2, 0.25) is 5.91 Å². The molecule has 0 saturated carbocycles. The van der Waals surface area contributed by atoms with Gasteiger partial charge in [-0.2, -0.15) is 0 Å². The van der Waals surface area contributed by atoms with Crippen LogP contribution in [0.25, 0.3) is 0 Å². The Bertz CT molecular complexity index is 611. The summed E-state index contributed by atoms with van der Waals surface area (Å²) in [5.74, 6) is 0.916. The number of nitrogens with zero attached hydrogens (tertiary/aromatic N) is 1. The highest BCUT2D eigenvalue weighted by Crippen LogP contribution is 2.13. The van der Waals surface area contributed by atoms with Gasteiger partial charge in [-0.3, -0.25) is 4.79 Å². The topological polar surface area (TPSA) is 38.8 Å². The predicted octanol–water partition coefficient (Wildman–Crippen LogP) is 3.30. The molecule has 1 amide bonds. The third kappa shape index (κ3) is 6.05. The Morgan fingerprint density at radius 2 is 1.71 bits per heavy atom. The van der Waals surface area contributed by atoms with Gasteiger partial charge in [-0.15, -0.1) is 0 Å². The van der Waals surface area contributed by atoms with E-state index in [1.165, 1.54) is 0 Å². The van der Waals surface area contributed by atoms with E-state index in [0.29, 0.717) is 32.8 Å². The van der Waals surface area contributed by atoms with Crippen LogP contribution in [0.5, 0.6) is 5.75 Å². The molecule has 4 nitrogen and oxygen atoms in total. The van der Waals surface area contributed by atoms with Gasteiger partial charge in [-0.1, -0.05) is 42.5 Å². The largest absolute Gasteiger partial charge is 0.494 e. The van der Waals surface area contributed by atoms with E-state index in [1.807, 2.05) is 68.6 Å². The molecule has 0 radical (unpaired) electrons. The molecular weight excluding hydrogens is 302 g/mol. The van der Waals surface area contributed by atoms with Crippen molar-refractivity contribution in [3.63, 3.8) is 0 Å². The number of amides is 1. The lowest BCUT2D eigenvalue weighted by Gasteiger charge is -2.17. The summed E-state index contributed by atoms with van der Waals surface area (Å²) in [5.41, 5.74) is 2.13. The minimum atomic E-state index is 0.0856. The van der Waals surface area contributed by atoms with Gasteiger partial charge in [0.05, 0.1) is 26.2 Å². The van der Waals surface area contributed by atoms with E-state index < -0.39 is 0 Å². The molecular formula is C20H25NO3. The van der Waals surface area contributed by atoms with Crippen molar-refractivity contribution in [2.45, 2.75) is 20.0 Å². The highest BCUT2D eigenvalue weighted by molar-refractivity contribution is 5.78. The van der Waals surface area contributed by atoms with Gasteiger partial charge in [-0.05, 0) is 30.2 Å². The molecule has 2 aromatic rings. The molecule has 0 bridgehead atoms. The summed E-state index contributed by atoms with van der Waals surface area (Å²) < 4.78 is 11.0. The van der Waals surface area contributed by atoms with Gasteiger partial charge in [0.1, 0.15) is 5.75 Å². The quantitative estimate of drug-likeness (QED) is 0.663. The number of ether oxygens (including phenoxy) is 2. The first kappa shape index (κ1) is 18.0. The lowest BCUT2D eigenvalue weighted by atomic mass is 10.1. The fourth-order valence-electron chi connectivity index (χ4n) is 2.27. The summed E-state index contributed by atoms with van der Waals surface area (Å²) in [5, 5.41) is 0. The van der Waals surface area contributed by atoms with Gasteiger partial charge >= 0.3 is 0 Å². The first-order valence-electron chi connectivity index (χ1n) is 8.26. The molecule has 0 N–H and O–H groups in total. The molecule has 0 fully saturated rings. The van der Waals surface area contributed by atoms with Crippen LogP contribution in [0, 0.1) is 0 Å². The van der Waals surface area contributed by atoms with Gasteiger partial charge in [-0.25, -0.2) is 0 Å². The van der Waals surface area contributed by atoms with Gasteiger partial charge < -0.3 is 14.4 Å². The van der Waals surface area contributed by atoms with E-state index in [9.17, 15) is 4.79 Å². The summed E-state index contributed by atoms with van der Waals surface area (Å²) in [4.78, 5) is 13.9. The molecule has 4 heteroatoms. The zero-order valence-electron chi connectivity index (χ0n) is 14.4. The maximum absolute atomic E-state index is 12.2. The van der Waals surface area contributed by atoms with Crippen LogP contribution in [0.4, 0.5) is 0 Å². The molecule has 0 unspecified atom stereocenters. The van der Waals surface area contributed by atoms with E-state index in [-0.39, 0.29) is 5.91 Å². The van der Waals surface area contributed by atoms with Crippen LogP contribution >= 0.6 is 0 Å². The van der Waals surface area contributed by atoms with Crippen molar-refractivity contribution >= 4 is 5.91 Å². The molecule has 0 spiro atoms. The number of hydrogen-bond acceptors (Lipinski definition) is 3. The third-order valence-corrected chi connectivity index (χ3v) is 3.70. The lowest BCUT2D eigenvalue weighted by Crippen LogP contribution is -2.31. The predicted molar refractivity (Wildman–Crippen MR) is 95.1 cm³/mol. The molecule has 0 aromatic heterocycles. The number of likely N-dealkylation sites (N-methyl/N-ethyl adjacent to an activating group) is 1. The van der Waals surface area contributed by atoms with Gasteiger partial charge in [0, 0.05) is 13.6 Å². The van der Waals surface area contributed by atoms with Crippen LogP contribution in [0.2, 0.25) is 0 Å². The van der Waals surface area contributed by atoms with E-state index >= 15 is 0 Å². The third-order valence-electron chi connectivity index (χ3n) is 3.70. The Kier molecular flexibility index (Phi) is 7.30. The monoisotopic (exact) mass is 327 g/mol. The van der Waals surface area contributed by atoms with E-state index in [0.717, 1.165) is 16.9 Å². The Morgan fingerprint density at radius 1 is 1.00 bits per heavy atom. The van der Waals surface area contributed by atoms with Crippen molar-refractivity contribution in [2.24, 2.45) is 0 Å². The number of carbonyl (C=O) groups is 1. The lowest BCUT2D eigenvalue weighted by molar-refractivity contribution is -0.129. The highest BCUT2D eigenvalue weighted by atomic mass is 16.5. The Labute approximate surface area is 144 Å². The minimum Gasteiger partial charge on any atom is -0.494 e. The number of rotatable bonds is 9. The second-order valence-corrected chi connectivity index (χ2v) is 5.61. The number of benzene rings is 2. The zero-order chi connectivity index (χ0) is 17.2. The maximum Gasteiger partial charge on any atom is 0.226 e. The first-order valence-corrected chi connectivity index (χ1v) is 8.26. The second kappa shape index (κ2) is 9.73. The Morgan fingerprint density at radius 3 is 2.38 bits per heavy atom. The van der Waals surface area contributed by atoms with Crippen LogP contribution in [0.15, 0.2) is 54.6 Å². The Balaban J connectivity index is 1.69. The van der Waals surface area contributed by atoms with Crippen LogP contribution in [0.1, 0.15) is 18.1 Å². The summed E-state index contributed by atoms with van der Waals surface area (Å²) in [6, 6.07) is 17.7. The molecule has 0 heterocycles. The minimum absolute atomic E-state index is 0.0856. The molecule has 2 aromatic carbocycles. The fourth-order valence-corrected chi connectivity index (χ4v) is 2.27. The van der Waals surface area contributed by atoms with Crippen molar-refractivity contribution in [3.8, 4) is 5.75 Å². The van der Waals surface area contributed by atoms with Crippen LogP contribution in [-0.4, -0.2) is 37.6 Å². The molecule has 128 valence electrons. The molecule has 2 rings (SSSR count). The molecule has 0 aliphatic heterocycles. The highest BCUT2D eigenvalue weighted by Gasteiger charge is 2.09. The second-order valence-electron chi connectivity index (χ2n) is 5.61. The molecule has 0 atom stereocenters. The van der Waals surface area contributed by atoms with Crippen molar-refractivity contribution in [1.82, 2.24) is 4.90 Å². The number of carbonyl (C=O) groups excluding carboxylic acids is 1. The van der Waals surface area contributed by atoms with Crippen molar-refractivity contribution < 1.29 is 14.3 Å². The summed E-state index contributed by atoms with van der Waals surface area (Å²) >= 11 is 0. The first-order chi connectivity index (χ1) is 11.7. The maximum atomic E-state index is 12.2. The van der Waals surface area contributed by atoms with E-state index in [1.54, 1.807) is 4.90 Å². The van der Waals surface area contributed by atoms with Gasteiger partial charge in [0.15, 0.2) is 0 Å². The van der Waals surface area contributed by atoms with Crippen LogP contribution < -0.4 is 4.74 Å². The molecule has 0 saturated heterocycles. The van der Waals surface area contributed by atoms with E-state index in [2.05, 4.69) is 0 Å². The van der Waals surface area contributed by atoms with E-state index in [4.69, 9.17) is 9.47 Å². The summed E-state index contributed by atoms with van der Waals surface area (Å²) in [6.45, 7) is 4.28. The Hall–Kier alpha value is -2.33. The average molecular weight is 327 g/mol. The van der Waals surface area contributed by atoms with Gasteiger partial charge in [0.25, 0.3) is 0 Å². The number of hydrogen-bond donors (Lipinski definition) is 0. The zero-order valence-corrected chi connectivity index (χ0v) is 14.4. The SMILES string of the molecule is CCOc1ccc(CC(=O)N(C)CCOCc2ccccc2)cc1. The molecule has 0 aliphatic carbocycles. The smallest absolute Gasteiger partial charge is 0.226 e. The van der Waals surface area contributed by atoms with Crippen LogP contribution in [0.3, 0.4) is 0 Å². The summed E-state index contributed by atoms with van der Waals surface area (Å²) in [6.07, 6.45) is 0.390. The van der Waals surface area contributed by atoms with Crippen molar-refractivity contribution in [2.75, 3.05) is 26.8 Å².